The topological polar surface area (TPSA) is 157 Å². The Balaban J connectivity index is 2.00. The Morgan fingerprint density at radius 3 is 1.36 bits per heavy atom. The molecule has 0 fully saturated rings. The molecule has 0 saturated carbocycles. The van der Waals surface area contributed by atoms with Crippen LogP contribution in [-0.4, -0.2) is 58.0 Å². The Morgan fingerprint density at radius 2 is 0.920 bits per heavy atom. The van der Waals surface area contributed by atoms with Gasteiger partial charge in [-0.25, -0.2) is 0 Å². The number of unbranched alkanes of at least 4 members (excludes halogenated alkanes) is 12. The summed E-state index contributed by atoms with van der Waals surface area (Å²) < 4.78 is 0. The lowest BCUT2D eigenvalue weighted by molar-refractivity contribution is -0.133. The Hall–Kier alpha value is -4.08. The summed E-state index contributed by atoms with van der Waals surface area (Å²) in [5.74, 6) is -1.55. The number of amides is 4. The van der Waals surface area contributed by atoms with Gasteiger partial charge in [-0.3, -0.25) is 19.2 Å². The van der Waals surface area contributed by atoms with Crippen molar-refractivity contribution in [2.45, 2.75) is 155 Å². The lowest BCUT2D eigenvalue weighted by Crippen LogP contribution is -2.57. The van der Waals surface area contributed by atoms with Crippen LogP contribution in [0.2, 0.25) is 0 Å². The standard InChI is InChI=1S/C40H62N4O6/c1-5-6-7-8-9-10-11-12-13-14-15-16-17-18-37(47)43-35(27-31-19-23-33(45)24-20-31)40(50)44-36(28-32-21-25-34(46)26-22-32)39(49)42-30(4)38(48)41-29(2)3/h19-26,29-30,35-36,45-46H,5-18,27-28H2,1-4H3,(H,41,48)(H,42,49)(H,43,47)(H,44,50)/t30-,35?,36-/m0/s1. The van der Waals surface area contributed by atoms with Crippen LogP contribution < -0.4 is 21.3 Å². The Bertz CT molecular complexity index is 1280. The van der Waals surface area contributed by atoms with Crippen LogP contribution in [0.25, 0.3) is 0 Å². The summed E-state index contributed by atoms with van der Waals surface area (Å²) in [6.45, 7) is 7.45. The molecular formula is C40H62N4O6. The second-order valence-electron chi connectivity index (χ2n) is 13.8. The van der Waals surface area contributed by atoms with E-state index in [9.17, 15) is 29.4 Å². The zero-order valence-corrected chi connectivity index (χ0v) is 30.8. The van der Waals surface area contributed by atoms with Crippen molar-refractivity contribution in [3.63, 3.8) is 0 Å². The highest BCUT2D eigenvalue weighted by atomic mass is 16.3. The molecule has 10 heteroatoms. The number of hydrogen-bond donors (Lipinski definition) is 6. The normalized spacial score (nSPS) is 12.9. The summed E-state index contributed by atoms with van der Waals surface area (Å²) in [5.41, 5.74) is 1.41. The van der Waals surface area contributed by atoms with Gasteiger partial charge in [-0.05, 0) is 62.6 Å². The third kappa shape index (κ3) is 18.1. The van der Waals surface area contributed by atoms with Gasteiger partial charge in [-0.15, -0.1) is 0 Å². The van der Waals surface area contributed by atoms with Gasteiger partial charge < -0.3 is 31.5 Å². The fourth-order valence-corrected chi connectivity index (χ4v) is 5.79. The molecule has 50 heavy (non-hydrogen) atoms. The van der Waals surface area contributed by atoms with Gasteiger partial charge in [0.05, 0.1) is 0 Å². The first kappa shape index (κ1) is 42.1. The number of benzene rings is 2. The van der Waals surface area contributed by atoms with E-state index in [4.69, 9.17) is 0 Å². The van der Waals surface area contributed by atoms with Crippen molar-refractivity contribution in [1.82, 2.24) is 21.3 Å². The average Bonchev–Trinajstić information content (AvgIpc) is 3.07. The van der Waals surface area contributed by atoms with Crippen molar-refractivity contribution in [3.8, 4) is 11.5 Å². The fourth-order valence-electron chi connectivity index (χ4n) is 5.79. The predicted molar refractivity (Wildman–Crippen MR) is 199 cm³/mol. The van der Waals surface area contributed by atoms with Gasteiger partial charge in [0.2, 0.25) is 23.6 Å². The van der Waals surface area contributed by atoms with E-state index in [0.717, 1.165) is 31.2 Å². The maximum Gasteiger partial charge on any atom is 0.243 e. The zero-order chi connectivity index (χ0) is 36.7. The molecule has 1 unspecified atom stereocenters. The lowest BCUT2D eigenvalue weighted by atomic mass is 10.0. The molecule has 0 radical (unpaired) electrons. The minimum absolute atomic E-state index is 0.0675. The number of aromatic hydroxyl groups is 2. The predicted octanol–water partition coefficient (Wildman–Crippen LogP) is 6.36. The quantitative estimate of drug-likeness (QED) is 0.0664. The van der Waals surface area contributed by atoms with Gasteiger partial charge in [0, 0.05) is 25.3 Å². The first-order valence-electron chi connectivity index (χ1n) is 18.7. The summed E-state index contributed by atoms with van der Waals surface area (Å²) in [6.07, 6.45) is 16.2. The molecule has 10 nitrogen and oxygen atoms in total. The van der Waals surface area contributed by atoms with Gasteiger partial charge in [0.25, 0.3) is 0 Å². The van der Waals surface area contributed by atoms with Crippen molar-refractivity contribution in [1.29, 1.82) is 0 Å². The molecule has 0 saturated heterocycles. The summed E-state index contributed by atoms with van der Waals surface area (Å²) >= 11 is 0. The number of carbonyl (C=O) groups excluding carboxylic acids is 4. The largest absolute Gasteiger partial charge is 0.508 e. The van der Waals surface area contributed by atoms with Crippen molar-refractivity contribution in [3.05, 3.63) is 59.7 Å². The number of phenolic OH excluding ortho intramolecular Hbond substituents is 2. The molecule has 6 N–H and O–H groups in total. The van der Waals surface area contributed by atoms with Crippen LogP contribution in [0.3, 0.4) is 0 Å². The number of rotatable bonds is 25. The van der Waals surface area contributed by atoms with Crippen LogP contribution in [0.15, 0.2) is 48.5 Å². The van der Waals surface area contributed by atoms with Gasteiger partial charge >= 0.3 is 0 Å². The number of hydrogen-bond acceptors (Lipinski definition) is 6. The number of carbonyl (C=O) groups is 4. The molecule has 0 heterocycles. The SMILES string of the molecule is CCCCCCCCCCCCCCCC(=O)NC(Cc1ccc(O)cc1)C(=O)N[C@@H](Cc1ccc(O)cc1)C(=O)N[C@@H](C)C(=O)NC(C)C. The molecule has 4 amide bonds. The summed E-state index contributed by atoms with van der Waals surface area (Å²) in [7, 11) is 0. The molecule has 2 aromatic carbocycles. The monoisotopic (exact) mass is 694 g/mol. The zero-order valence-electron chi connectivity index (χ0n) is 30.8. The van der Waals surface area contributed by atoms with E-state index in [-0.39, 0.29) is 48.6 Å². The molecule has 0 aliphatic carbocycles. The van der Waals surface area contributed by atoms with Crippen LogP contribution in [0, 0.1) is 0 Å². The molecule has 3 atom stereocenters. The molecule has 0 aliphatic heterocycles. The summed E-state index contributed by atoms with van der Waals surface area (Å²) in [4.78, 5) is 52.9. The van der Waals surface area contributed by atoms with E-state index in [1.54, 1.807) is 31.2 Å². The van der Waals surface area contributed by atoms with E-state index < -0.39 is 29.9 Å². The lowest BCUT2D eigenvalue weighted by Gasteiger charge is -2.25. The third-order valence-corrected chi connectivity index (χ3v) is 8.73. The molecule has 0 bridgehead atoms. The molecule has 278 valence electrons. The number of phenols is 2. The molecule has 2 aromatic rings. The van der Waals surface area contributed by atoms with E-state index in [1.165, 1.54) is 82.1 Å². The molecule has 0 aromatic heterocycles. The highest BCUT2D eigenvalue weighted by Gasteiger charge is 2.29. The van der Waals surface area contributed by atoms with Crippen LogP contribution in [0.5, 0.6) is 11.5 Å². The Kier molecular flexibility index (Phi) is 20.3. The fraction of sp³-hybridized carbons (Fsp3) is 0.600. The molecule has 2 rings (SSSR count). The van der Waals surface area contributed by atoms with Crippen LogP contribution in [0.4, 0.5) is 0 Å². The van der Waals surface area contributed by atoms with Gasteiger partial charge in [0.1, 0.15) is 29.6 Å². The minimum atomic E-state index is -1.07. The van der Waals surface area contributed by atoms with Crippen molar-refractivity contribution < 1.29 is 29.4 Å². The van der Waals surface area contributed by atoms with Gasteiger partial charge in [-0.2, -0.15) is 0 Å². The molecule has 0 aliphatic rings. The third-order valence-electron chi connectivity index (χ3n) is 8.73. The molecular weight excluding hydrogens is 632 g/mol. The molecule has 0 spiro atoms. The maximum atomic E-state index is 13.8. The van der Waals surface area contributed by atoms with Crippen LogP contribution in [-0.2, 0) is 32.0 Å². The van der Waals surface area contributed by atoms with E-state index in [2.05, 4.69) is 28.2 Å². The first-order chi connectivity index (χ1) is 24.0. The van der Waals surface area contributed by atoms with Gasteiger partial charge in [0.15, 0.2) is 0 Å². The number of nitrogens with one attached hydrogen (secondary N) is 4. The van der Waals surface area contributed by atoms with E-state index >= 15 is 0 Å². The van der Waals surface area contributed by atoms with Crippen molar-refractivity contribution in [2.24, 2.45) is 0 Å². The Labute approximate surface area is 299 Å². The van der Waals surface area contributed by atoms with Crippen LogP contribution >= 0.6 is 0 Å². The van der Waals surface area contributed by atoms with Crippen LogP contribution in [0.1, 0.15) is 129 Å². The summed E-state index contributed by atoms with van der Waals surface area (Å²) in [6, 6.07) is 9.69. The first-order valence-corrected chi connectivity index (χ1v) is 18.7. The highest BCUT2D eigenvalue weighted by molar-refractivity contribution is 5.94. The van der Waals surface area contributed by atoms with Crippen molar-refractivity contribution in [2.75, 3.05) is 0 Å². The Morgan fingerprint density at radius 1 is 0.520 bits per heavy atom. The minimum Gasteiger partial charge on any atom is -0.508 e. The van der Waals surface area contributed by atoms with Crippen molar-refractivity contribution >= 4 is 23.6 Å². The highest BCUT2D eigenvalue weighted by Crippen LogP contribution is 2.15. The van der Waals surface area contributed by atoms with E-state index in [0.29, 0.717) is 5.56 Å². The van der Waals surface area contributed by atoms with E-state index in [1.807, 2.05) is 13.8 Å². The maximum absolute atomic E-state index is 13.8. The summed E-state index contributed by atoms with van der Waals surface area (Å²) in [5, 5.41) is 30.6. The smallest absolute Gasteiger partial charge is 0.243 e. The second kappa shape index (κ2) is 24.1. The van der Waals surface area contributed by atoms with Gasteiger partial charge in [-0.1, -0.05) is 108 Å². The second-order valence-corrected chi connectivity index (χ2v) is 13.8. The average molecular weight is 695 g/mol.